The minimum Gasteiger partial charge on any atom is -0.336 e. The number of carbonyl (C=O) groups is 2. The second kappa shape index (κ2) is 7.54. The summed E-state index contributed by atoms with van der Waals surface area (Å²) in [5, 5.41) is 0. The van der Waals surface area contributed by atoms with Crippen LogP contribution < -0.4 is 0 Å². The van der Waals surface area contributed by atoms with Crippen LogP contribution in [0.25, 0.3) is 11.1 Å². The molecule has 30 heavy (non-hydrogen) atoms. The van der Waals surface area contributed by atoms with E-state index >= 15 is 0 Å². The Bertz CT molecular complexity index is 1130. The highest BCUT2D eigenvalue weighted by atomic mass is 16.2. The number of rotatable bonds is 3. The van der Waals surface area contributed by atoms with Crippen molar-refractivity contribution in [3.63, 3.8) is 0 Å². The van der Waals surface area contributed by atoms with Gasteiger partial charge in [0.15, 0.2) is 5.78 Å². The summed E-state index contributed by atoms with van der Waals surface area (Å²) in [7, 11) is 0. The lowest BCUT2D eigenvalue weighted by Crippen LogP contribution is -2.48. The smallest absolute Gasteiger partial charge is 0.254 e. The fourth-order valence-electron chi connectivity index (χ4n) is 4.49. The Morgan fingerprint density at radius 1 is 0.800 bits per heavy atom. The summed E-state index contributed by atoms with van der Waals surface area (Å²) in [6.07, 6.45) is 0. The molecule has 1 saturated heterocycles. The molecule has 3 aromatic rings. The molecule has 1 fully saturated rings. The molecule has 0 spiro atoms. The van der Waals surface area contributed by atoms with Crippen molar-refractivity contribution in [2.45, 2.75) is 13.5 Å². The molecule has 4 nitrogen and oxygen atoms in total. The lowest BCUT2D eigenvalue weighted by molar-refractivity contribution is 0.0629. The molecule has 2 aliphatic rings. The van der Waals surface area contributed by atoms with Gasteiger partial charge in [-0.05, 0) is 24.1 Å². The van der Waals surface area contributed by atoms with Crippen LogP contribution >= 0.6 is 0 Å². The molecular weight excluding hydrogens is 372 g/mol. The molecule has 5 rings (SSSR count). The molecule has 3 aromatic carbocycles. The maximum Gasteiger partial charge on any atom is 0.254 e. The van der Waals surface area contributed by atoms with Crippen molar-refractivity contribution >= 4 is 11.7 Å². The highest BCUT2D eigenvalue weighted by Crippen LogP contribution is 2.39. The molecule has 0 radical (unpaired) electrons. The van der Waals surface area contributed by atoms with E-state index in [4.69, 9.17) is 0 Å². The summed E-state index contributed by atoms with van der Waals surface area (Å²) in [6.45, 7) is 6.10. The first-order chi connectivity index (χ1) is 14.6. The van der Waals surface area contributed by atoms with Crippen molar-refractivity contribution in [2.24, 2.45) is 0 Å². The molecule has 0 N–H and O–H groups in total. The predicted octanol–water partition coefficient (Wildman–Crippen LogP) is 4.16. The van der Waals surface area contributed by atoms with E-state index in [2.05, 4.69) is 36.1 Å². The first-order valence-corrected chi connectivity index (χ1v) is 10.5. The van der Waals surface area contributed by atoms with Crippen molar-refractivity contribution < 1.29 is 9.59 Å². The lowest BCUT2D eigenvalue weighted by atomic mass is 9.98. The molecule has 1 aliphatic heterocycles. The van der Waals surface area contributed by atoms with E-state index in [1.54, 1.807) is 0 Å². The number of piperazine rings is 1. The van der Waals surface area contributed by atoms with Gasteiger partial charge in [-0.15, -0.1) is 0 Å². The normalized spacial score (nSPS) is 15.8. The zero-order valence-corrected chi connectivity index (χ0v) is 17.1. The molecule has 4 heteroatoms. The Kier molecular flexibility index (Phi) is 4.72. The highest BCUT2D eigenvalue weighted by Gasteiger charge is 2.32. The average Bonchev–Trinajstić information content (AvgIpc) is 3.08. The predicted molar refractivity (Wildman–Crippen MR) is 118 cm³/mol. The minimum absolute atomic E-state index is 0.0122. The van der Waals surface area contributed by atoms with Crippen LogP contribution in [-0.4, -0.2) is 47.7 Å². The van der Waals surface area contributed by atoms with Gasteiger partial charge in [0, 0.05) is 55.0 Å². The summed E-state index contributed by atoms with van der Waals surface area (Å²) in [5.41, 5.74) is 6.21. The zero-order valence-electron chi connectivity index (χ0n) is 17.1. The SMILES string of the molecule is Cc1ccc(CN2CCN(C(=O)c3cccc4c3-c3ccccc3C4=O)CC2)cc1. The molecule has 0 aromatic heterocycles. The molecule has 0 saturated carbocycles. The van der Waals surface area contributed by atoms with E-state index in [0.717, 1.165) is 30.8 Å². The Labute approximate surface area is 176 Å². The maximum atomic E-state index is 13.4. The quantitative estimate of drug-likeness (QED) is 0.522. The molecule has 1 heterocycles. The minimum atomic E-state index is 0.0122. The van der Waals surface area contributed by atoms with E-state index in [-0.39, 0.29) is 11.7 Å². The van der Waals surface area contributed by atoms with E-state index in [0.29, 0.717) is 29.8 Å². The number of hydrogen-bond acceptors (Lipinski definition) is 3. The number of carbonyl (C=O) groups excluding carboxylic acids is 2. The van der Waals surface area contributed by atoms with E-state index in [1.165, 1.54) is 11.1 Å². The van der Waals surface area contributed by atoms with Gasteiger partial charge in [-0.25, -0.2) is 0 Å². The van der Waals surface area contributed by atoms with Gasteiger partial charge in [0.05, 0.1) is 0 Å². The van der Waals surface area contributed by atoms with Crippen LogP contribution in [0.1, 0.15) is 37.4 Å². The number of benzene rings is 3. The van der Waals surface area contributed by atoms with Gasteiger partial charge >= 0.3 is 0 Å². The average molecular weight is 396 g/mol. The van der Waals surface area contributed by atoms with E-state index in [1.807, 2.05) is 47.4 Å². The third-order valence-electron chi connectivity index (χ3n) is 6.17. The number of nitrogens with zero attached hydrogens (tertiary/aromatic N) is 2. The Hall–Kier alpha value is -3.24. The Balaban J connectivity index is 1.33. The second-order valence-electron chi connectivity index (χ2n) is 8.16. The maximum absolute atomic E-state index is 13.4. The van der Waals surface area contributed by atoms with Gasteiger partial charge in [0.25, 0.3) is 5.91 Å². The summed E-state index contributed by atoms with van der Waals surface area (Å²) >= 11 is 0. The molecule has 0 atom stereocenters. The van der Waals surface area contributed by atoms with Gasteiger partial charge in [0.2, 0.25) is 0 Å². The molecule has 0 bridgehead atoms. The monoisotopic (exact) mass is 396 g/mol. The second-order valence-corrected chi connectivity index (χ2v) is 8.16. The Morgan fingerprint density at radius 2 is 1.47 bits per heavy atom. The standard InChI is InChI=1S/C26H24N2O2/c1-18-9-11-19(12-10-18)17-27-13-15-28(16-14-27)26(30)23-8-4-7-22-24(23)20-5-2-3-6-21(20)25(22)29/h2-12H,13-17H2,1H3. The van der Waals surface area contributed by atoms with Gasteiger partial charge in [-0.1, -0.05) is 66.2 Å². The highest BCUT2D eigenvalue weighted by molar-refractivity contribution is 6.24. The largest absolute Gasteiger partial charge is 0.336 e. The van der Waals surface area contributed by atoms with Crippen molar-refractivity contribution in [3.8, 4) is 11.1 Å². The van der Waals surface area contributed by atoms with Gasteiger partial charge in [0.1, 0.15) is 0 Å². The van der Waals surface area contributed by atoms with Gasteiger partial charge in [-0.2, -0.15) is 0 Å². The number of fused-ring (bicyclic) bond motifs is 3. The summed E-state index contributed by atoms with van der Waals surface area (Å²) < 4.78 is 0. The molecule has 1 amide bonds. The topological polar surface area (TPSA) is 40.6 Å². The number of amides is 1. The summed E-state index contributed by atoms with van der Waals surface area (Å²) in [4.78, 5) is 30.4. The molecule has 0 unspecified atom stereocenters. The molecule has 1 aliphatic carbocycles. The van der Waals surface area contributed by atoms with Crippen molar-refractivity contribution in [1.29, 1.82) is 0 Å². The van der Waals surface area contributed by atoms with Crippen molar-refractivity contribution in [2.75, 3.05) is 26.2 Å². The van der Waals surface area contributed by atoms with Gasteiger partial charge < -0.3 is 4.90 Å². The third-order valence-corrected chi connectivity index (χ3v) is 6.17. The van der Waals surface area contributed by atoms with Crippen LogP contribution in [-0.2, 0) is 6.54 Å². The first kappa shape index (κ1) is 18.8. The van der Waals surface area contributed by atoms with Crippen LogP contribution in [0.15, 0.2) is 66.7 Å². The van der Waals surface area contributed by atoms with Gasteiger partial charge in [-0.3, -0.25) is 14.5 Å². The van der Waals surface area contributed by atoms with Crippen LogP contribution in [0, 0.1) is 6.92 Å². The van der Waals surface area contributed by atoms with Crippen molar-refractivity contribution in [3.05, 3.63) is 94.5 Å². The number of ketones is 1. The lowest BCUT2D eigenvalue weighted by Gasteiger charge is -2.35. The third kappa shape index (κ3) is 3.23. The summed E-state index contributed by atoms with van der Waals surface area (Å²) in [6, 6.07) is 21.7. The zero-order chi connectivity index (χ0) is 20.7. The number of aryl methyl sites for hydroxylation is 1. The van der Waals surface area contributed by atoms with Crippen LogP contribution in [0.4, 0.5) is 0 Å². The van der Waals surface area contributed by atoms with E-state index in [9.17, 15) is 9.59 Å². The fourth-order valence-corrected chi connectivity index (χ4v) is 4.49. The first-order valence-electron chi connectivity index (χ1n) is 10.5. The summed E-state index contributed by atoms with van der Waals surface area (Å²) in [5.74, 6) is 0.0320. The number of hydrogen-bond donors (Lipinski definition) is 0. The fraction of sp³-hybridized carbons (Fsp3) is 0.231. The molecular formula is C26H24N2O2. The van der Waals surface area contributed by atoms with Crippen LogP contribution in [0.2, 0.25) is 0 Å². The Morgan fingerprint density at radius 3 is 2.20 bits per heavy atom. The van der Waals surface area contributed by atoms with Crippen molar-refractivity contribution in [1.82, 2.24) is 9.80 Å². The van der Waals surface area contributed by atoms with Crippen LogP contribution in [0.5, 0.6) is 0 Å². The van der Waals surface area contributed by atoms with Crippen LogP contribution in [0.3, 0.4) is 0 Å². The molecule has 150 valence electrons. The van der Waals surface area contributed by atoms with E-state index < -0.39 is 0 Å².